The third-order valence-corrected chi connectivity index (χ3v) is 3.38. The van der Waals surface area contributed by atoms with E-state index in [0.29, 0.717) is 18.3 Å². The van der Waals surface area contributed by atoms with Gasteiger partial charge in [-0.05, 0) is 30.9 Å². The van der Waals surface area contributed by atoms with Crippen LogP contribution in [0.2, 0.25) is 0 Å². The quantitative estimate of drug-likeness (QED) is 0.795. The van der Waals surface area contributed by atoms with Crippen LogP contribution in [0, 0.1) is 11.9 Å². The van der Waals surface area contributed by atoms with E-state index in [1.54, 1.807) is 12.1 Å². The van der Waals surface area contributed by atoms with Crippen molar-refractivity contribution in [1.29, 1.82) is 0 Å². The maximum absolute atomic E-state index is 12.9. The van der Waals surface area contributed by atoms with Crippen molar-refractivity contribution in [2.45, 2.75) is 38.2 Å². The van der Waals surface area contributed by atoms with Crippen LogP contribution in [0.15, 0.2) is 18.2 Å². The zero-order valence-corrected chi connectivity index (χ0v) is 10.1. The molecule has 1 aromatic rings. The molecule has 0 saturated heterocycles. The third-order valence-electron chi connectivity index (χ3n) is 3.38. The lowest BCUT2D eigenvalue weighted by Crippen LogP contribution is -2.41. The smallest absolute Gasteiger partial charge is 0.214 e. The molecule has 17 heavy (non-hydrogen) atoms. The number of hydrogen-bond acceptors (Lipinski definition) is 3. The Balaban J connectivity index is 1.93. The van der Waals surface area contributed by atoms with Crippen LogP contribution in [0.5, 0.6) is 0 Å². The van der Waals surface area contributed by atoms with E-state index in [9.17, 15) is 9.50 Å². The summed E-state index contributed by atoms with van der Waals surface area (Å²) in [5.74, 6) is 0.534. The van der Waals surface area contributed by atoms with E-state index >= 15 is 0 Å². The Morgan fingerprint density at radius 3 is 3.12 bits per heavy atom. The number of hydrogen-bond donors (Lipinski definition) is 2. The minimum absolute atomic E-state index is 0.438. The number of nitrogens with zero attached hydrogens (tertiary/aromatic N) is 1. The SMILES string of the molecule is CC1CCCC(O)(CNc2cccc(F)n2)C1. The molecule has 2 atom stereocenters. The highest BCUT2D eigenvalue weighted by Gasteiger charge is 2.32. The average Bonchev–Trinajstić information content (AvgIpc) is 2.26. The Kier molecular flexibility index (Phi) is 3.62. The second-order valence-corrected chi connectivity index (χ2v) is 5.12. The van der Waals surface area contributed by atoms with E-state index in [2.05, 4.69) is 17.2 Å². The molecule has 1 aliphatic carbocycles. The molecular formula is C13H19FN2O. The first-order valence-corrected chi connectivity index (χ1v) is 6.16. The average molecular weight is 238 g/mol. The summed E-state index contributed by atoms with van der Waals surface area (Å²) in [6.45, 7) is 2.60. The molecular weight excluding hydrogens is 219 g/mol. The molecule has 1 aromatic heterocycles. The van der Waals surface area contributed by atoms with Crippen LogP contribution < -0.4 is 5.32 Å². The fraction of sp³-hybridized carbons (Fsp3) is 0.615. The molecule has 1 saturated carbocycles. The largest absolute Gasteiger partial charge is 0.388 e. The summed E-state index contributed by atoms with van der Waals surface area (Å²) in [7, 11) is 0. The van der Waals surface area contributed by atoms with Gasteiger partial charge in [0.2, 0.25) is 5.95 Å². The molecule has 2 N–H and O–H groups in total. The highest BCUT2D eigenvalue weighted by molar-refractivity contribution is 5.34. The summed E-state index contributed by atoms with van der Waals surface area (Å²) in [5, 5.41) is 13.4. The summed E-state index contributed by atoms with van der Waals surface area (Å²) < 4.78 is 12.9. The Bertz CT molecular complexity index is 385. The fourth-order valence-electron chi connectivity index (χ4n) is 2.55. The molecule has 2 unspecified atom stereocenters. The van der Waals surface area contributed by atoms with E-state index in [1.807, 2.05) is 0 Å². The summed E-state index contributed by atoms with van der Waals surface area (Å²) in [5.41, 5.74) is -0.675. The lowest BCUT2D eigenvalue weighted by Gasteiger charge is -2.35. The Morgan fingerprint density at radius 1 is 1.59 bits per heavy atom. The molecule has 2 rings (SSSR count). The monoisotopic (exact) mass is 238 g/mol. The molecule has 0 spiro atoms. The number of anilines is 1. The van der Waals surface area contributed by atoms with E-state index in [-0.39, 0.29) is 0 Å². The number of aliphatic hydroxyl groups is 1. The topological polar surface area (TPSA) is 45.1 Å². The molecule has 4 heteroatoms. The fourth-order valence-corrected chi connectivity index (χ4v) is 2.55. The van der Waals surface area contributed by atoms with Crippen LogP contribution in [0.25, 0.3) is 0 Å². The minimum atomic E-state index is -0.675. The number of rotatable bonds is 3. The molecule has 0 amide bonds. The van der Waals surface area contributed by atoms with E-state index in [4.69, 9.17) is 0 Å². The Morgan fingerprint density at radius 2 is 2.41 bits per heavy atom. The minimum Gasteiger partial charge on any atom is -0.388 e. The van der Waals surface area contributed by atoms with E-state index < -0.39 is 11.5 Å². The van der Waals surface area contributed by atoms with Gasteiger partial charge in [-0.2, -0.15) is 4.39 Å². The van der Waals surface area contributed by atoms with Gasteiger partial charge in [-0.15, -0.1) is 0 Å². The van der Waals surface area contributed by atoms with Gasteiger partial charge in [0, 0.05) is 6.54 Å². The van der Waals surface area contributed by atoms with E-state index in [0.717, 1.165) is 19.3 Å². The van der Waals surface area contributed by atoms with Gasteiger partial charge in [0.1, 0.15) is 5.82 Å². The highest BCUT2D eigenvalue weighted by Crippen LogP contribution is 2.32. The van der Waals surface area contributed by atoms with Crippen molar-refractivity contribution in [2.24, 2.45) is 5.92 Å². The summed E-state index contributed by atoms with van der Waals surface area (Å²) >= 11 is 0. The molecule has 94 valence electrons. The predicted octanol–water partition coefficient (Wildman–Crippen LogP) is 2.57. The lowest BCUT2D eigenvalue weighted by atomic mass is 9.79. The predicted molar refractivity (Wildman–Crippen MR) is 65.3 cm³/mol. The molecule has 1 fully saturated rings. The Labute approximate surface area is 101 Å². The van der Waals surface area contributed by atoms with Gasteiger partial charge in [0.25, 0.3) is 0 Å². The van der Waals surface area contributed by atoms with Gasteiger partial charge in [0.05, 0.1) is 5.60 Å². The zero-order chi connectivity index (χ0) is 12.3. The maximum atomic E-state index is 12.9. The third kappa shape index (κ3) is 3.40. The van der Waals surface area contributed by atoms with Gasteiger partial charge in [-0.1, -0.05) is 25.8 Å². The summed E-state index contributed by atoms with van der Waals surface area (Å²) in [4.78, 5) is 3.72. The van der Waals surface area contributed by atoms with Crippen LogP contribution in [0.3, 0.4) is 0 Å². The van der Waals surface area contributed by atoms with Crippen molar-refractivity contribution >= 4 is 5.82 Å². The van der Waals surface area contributed by atoms with Crippen LogP contribution >= 0.6 is 0 Å². The molecule has 3 nitrogen and oxygen atoms in total. The number of pyridine rings is 1. The lowest BCUT2D eigenvalue weighted by molar-refractivity contribution is -0.000839. The van der Waals surface area contributed by atoms with Gasteiger partial charge >= 0.3 is 0 Å². The first-order chi connectivity index (χ1) is 8.07. The maximum Gasteiger partial charge on any atom is 0.214 e. The molecule has 0 radical (unpaired) electrons. The summed E-state index contributed by atoms with van der Waals surface area (Å²) in [6.07, 6.45) is 3.84. The van der Waals surface area contributed by atoms with Gasteiger partial charge in [-0.3, -0.25) is 0 Å². The van der Waals surface area contributed by atoms with E-state index in [1.165, 1.54) is 12.5 Å². The van der Waals surface area contributed by atoms with Gasteiger partial charge in [0.15, 0.2) is 0 Å². The molecule has 0 bridgehead atoms. The zero-order valence-electron chi connectivity index (χ0n) is 10.1. The van der Waals surface area contributed by atoms with Crippen molar-refractivity contribution in [3.8, 4) is 0 Å². The second kappa shape index (κ2) is 5.00. The number of aromatic nitrogens is 1. The molecule has 0 aromatic carbocycles. The van der Waals surface area contributed by atoms with Crippen molar-refractivity contribution < 1.29 is 9.50 Å². The van der Waals surface area contributed by atoms with Crippen LogP contribution in [-0.4, -0.2) is 22.2 Å². The molecule has 0 aliphatic heterocycles. The van der Waals surface area contributed by atoms with Crippen LogP contribution in [-0.2, 0) is 0 Å². The van der Waals surface area contributed by atoms with Crippen LogP contribution in [0.1, 0.15) is 32.6 Å². The van der Waals surface area contributed by atoms with Crippen molar-refractivity contribution in [2.75, 3.05) is 11.9 Å². The van der Waals surface area contributed by atoms with Crippen LogP contribution in [0.4, 0.5) is 10.2 Å². The number of halogens is 1. The standard InChI is InChI=1S/C13H19FN2O/c1-10-4-3-7-13(17,8-10)9-15-12-6-2-5-11(14)16-12/h2,5-6,10,17H,3-4,7-9H2,1H3,(H,15,16). The first kappa shape index (κ1) is 12.3. The number of nitrogens with one attached hydrogen (secondary N) is 1. The normalized spacial score (nSPS) is 29.0. The molecule has 1 heterocycles. The van der Waals surface area contributed by atoms with Gasteiger partial charge in [-0.25, -0.2) is 4.98 Å². The van der Waals surface area contributed by atoms with Gasteiger partial charge < -0.3 is 10.4 Å². The van der Waals surface area contributed by atoms with Crippen molar-refractivity contribution in [3.63, 3.8) is 0 Å². The highest BCUT2D eigenvalue weighted by atomic mass is 19.1. The Hall–Kier alpha value is -1.16. The van der Waals surface area contributed by atoms with Crippen molar-refractivity contribution in [1.82, 2.24) is 4.98 Å². The van der Waals surface area contributed by atoms with Crippen molar-refractivity contribution in [3.05, 3.63) is 24.1 Å². The summed E-state index contributed by atoms with van der Waals surface area (Å²) in [6, 6.07) is 4.62. The second-order valence-electron chi connectivity index (χ2n) is 5.12. The molecule has 1 aliphatic rings. The first-order valence-electron chi connectivity index (χ1n) is 6.16.